The van der Waals surface area contributed by atoms with E-state index < -0.39 is 8.07 Å². The van der Waals surface area contributed by atoms with E-state index in [4.69, 9.17) is 0 Å². The van der Waals surface area contributed by atoms with Gasteiger partial charge in [-0.05, 0) is 69.0 Å². The van der Waals surface area contributed by atoms with Crippen LogP contribution in [0.15, 0.2) is 140 Å². The highest BCUT2D eigenvalue weighted by Gasteiger charge is 2.24. The first-order valence-corrected chi connectivity index (χ1v) is 17.2. The molecule has 0 amide bonds. The van der Waals surface area contributed by atoms with Gasteiger partial charge in [0.25, 0.3) is 0 Å². The molecule has 0 N–H and O–H groups in total. The summed E-state index contributed by atoms with van der Waals surface area (Å²) >= 11 is 0. The molecule has 0 bridgehead atoms. The van der Waals surface area contributed by atoms with E-state index in [2.05, 4.69) is 128 Å². The second-order valence-corrected chi connectivity index (χ2v) is 16.2. The minimum Gasteiger partial charge on any atom is -0.311 e. The van der Waals surface area contributed by atoms with Crippen LogP contribution in [0.25, 0.3) is 33.0 Å². The second kappa shape index (κ2) is 10.6. The van der Waals surface area contributed by atoms with Crippen LogP contribution in [-0.2, 0) is 0 Å². The first kappa shape index (κ1) is 25.8. The fourth-order valence-corrected chi connectivity index (χ4v) is 7.14. The van der Waals surface area contributed by atoms with E-state index >= 15 is 0 Å². The van der Waals surface area contributed by atoms with Gasteiger partial charge in [-0.1, -0.05) is 123 Å². The van der Waals surface area contributed by atoms with Crippen LogP contribution in [-0.4, -0.2) is 8.07 Å². The quantitative estimate of drug-likeness (QED) is 0.191. The highest BCUT2D eigenvalue weighted by Crippen LogP contribution is 2.39. The first-order valence-electron chi connectivity index (χ1n) is 13.7. The van der Waals surface area contributed by atoms with Crippen LogP contribution in [0.1, 0.15) is 0 Å². The molecule has 0 heterocycles. The summed E-state index contributed by atoms with van der Waals surface area (Å²) < 4.78 is 14.9. The highest BCUT2D eigenvalue weighted by atomic mass is 28.3. The van der Waals surface area contributed by atoms with E-state index in [1.54, 1.807) is 6.07 Å². The number of benzene rings is 6. The number of halogens is 1. The first-order chi connectivity index (χ1) is 19.4. The van der Waals surface area contributed by atoms with E-state index in [0.717, 1.165) is 38.8 Å². The van der Waals surface area contributed by atoms with Gasteiger partial charge in [0, 0.05) is 22.6 Å². The van der Waals surface area contributed by atoms with Crippen LogP contribution in [0, 0.1) is 5.82 Å². The lowest BCUT2D eigenvalue weighted by molar-refractivity contribution is 0.631. The van der Waals surface area contributed by atoms with E-state index in [-0.39, 0.29) is 5.82 Å². The summed E-state index contributed by atoms with van der Waals surface area (Å²) in [6, 6.07) is 47.6. The number of rotatable bonds is 6. The van der Waals surface area contributed by atoms with Crippen LogP contribution in [0.5, 0.6) is 0 Å². The van der Waals surface area contributed by atoms with Gasteiger partial charge in [-0.2, -0.15) is 0 Å². The number of hydrogen-bond acceptors (Lipinski definition) is 1. The third-order valence-corrected chi connectivity index (χ3v) is 9.51. The van der Waals surface area contributed by atoms with Crippen LogP contribution in [0.2, 0.25) is 19.6 Å². The second-order valence-electron chi connectivity index (χ2n) is 11.2. The van der Waals surface area contributed by atoms with Crippen LogP contribution >= 0.6 is 0 Å². The average molecular weight is 538 g/mol. The van der Waals surface area contributed by atoms with Crippen molar-refractivity contribution in [3.8, 4) is 22.3 Å². The largest absolute Gasteiger partial charge is 0.311 e. The Morgan fingerprint density at radius 2 is 1.07 bits per heavy atom. The summed E-state index contributed by atoms with van der Waals surface area (Å²) in [5, 5.41) is 3.58. The van der Waals surface area contributed by atoms with Crippen molar-refractivity contribution in [1.82, 2.24) is 0 Å². The molecule has 0 saturated carbocycles. The van der Waals surface area contributed by atoms with E-state index in [0.29, 0.717) is 5.56 Å². The lowest BCUT2D eigenvalue weighted by Gasteiger charge is -2.31. The van der Waals surface area contributed by atoms with Gasteiger partial charge in [-0.3, -0.25) is 0 Å². The molecule has 0 aliphatic carbocycles. The third kappa shape index (κ3) is 4.85. The zero-order valence-corrected chi connectivity index (χ0v) is 24.1. The molecule has 0 radical (unpaired) electrons. The molecule has 6 aromatic carbocycles. The van der Waals surface area contributed by atoms with Gasteiger partial charge in [0.15, 0.2) is 0 Å². The van der Waals surface area contributed by atoms with Crippen molar-refractivity contribution in [2.24, 2.45) is 0 Å². The number of para-hydroxylation sites is 2. The van der Waals surface area contributed by atoms with Gasteiger partial charge in [0.05, 0.1) is 8.07 Å². The fourth-order valence-electron chi connectivity index (χ4n) is 5.58. The van der Waals surface area contributed by atoms with Gasteiger partial charge >= 0.3 is 0 Å². The monoisotopic (exact) mass is 537 g/mol. The molecular weight excluding hydrogens is 505 g/mol. The summed E-state index contributed by atoms with van der Waals surface area (Å²) in [5.74, 6) is -0.209. The lowest BCUT2D eigenvalue weighted by Crippen LogP contribution is -2.40. The fraction of sp³-hybridized carbons (Fsp3) is 0.0811. The molecule has 0 unspecified atom stereocenters. The van der Waals surface area contributed by atoms with E-state index in [1.165, 1.54) is 16.9 Å². The molecule has 0 spiro atoms. The maximum Gasteiger partial charge on any atom is 0.131 e. The van der Waals surface area contributed by atoms with Crippen molar-refractivity contribution in [1.29, 1.82) is 0 Å². The van der Waals surface area contributed by atoms with Gasteiger partial charge in [0.1, 0.15) is 5.82 Å². The zero-order chi connectivity index (χ0) is 27.7. The van der Waals surface area contributed by atoms with Crippen LogP contribution in [0.3, 0.4) is 0 Å². The Morgan fingerprint density at radius 3 is 1.77 bits per heavy atom. The molecular formula is C37H32FNSi. The third-order valence-electron chi connectivity index (χ3n) is 7.47. The molecule has 6 rings (SSSR count). The Balaban J connectivity index is 1.50. The Hall–Kier alpha value is -4.47. The molecule has 0 aliphatic heterocycles. The van der Waals surface area contributed by atoms with E-state index in [9.17, 15) is 4.39 Å². The molecule has 3 heteroatoms. The summed E-state index contributed by atoms with van der Waals surface area (Å²) in [4.78, 5) is 2.37. The SMILES string of the molecule is C[Si](C)(C)c1ccccc1N(c1ccccc1)c1ccc(-c2cccc3cccc(-c4ccccc4F)c23)cc1. The van der Waals surface area contributed by atoms with Crippen molar-refractivity contribution in [2.75, 3.05) is 4.90 Å². The average Bonchev–Trinajstić information content (AvgIpc) is 2.98. The zero-order valence-electron chi connectivity index (χ0n) is 23.1. The van der Waals surface area contributed by atoms with Gasteiger partial charge in [-0.15, -0.1) is 0 Å². The summed E-state index contributed by atoms with van der Waals surface area (Å²) in [6.45, 7) is 7.18. The maximum atomic E-state index is 14.9. The minimum absolute atomic E-state index is 0.209. The lowest BCUT2D eigenvalue weighted by atomic mass is 9.91. The molecule has 0 atom stereocenters. The minimum atomic E-state index is -1.62. The van der Waals surface area contributed by atoms with Crippen LogP contribution < -0.4 is 10.1 Å². The Bertz CT molecular complexity index is 1780. The Morgan fingerprint density at radius 1 is 0.500 bits per heavy atom. The molecule has 0 aromatic heterocycles. The molecule has 0 fully saturated rings. The Labute approximate surface area is 237 Å². The Kier molecular flexibility index (Phi) is 6.83. The molecule has 40 heavy (non-hydrogen) atoms. The molecule has 0 aliphatic rings. The van der Waals surface area contributed by atoms with Crippen LogP contribution in [0.4, 0.5) is 21.5 Å². The topological polar surface area (TPSA) is 3.24 Å². The molecule has 6 aromatic rings. The molecule has 196 valence electrons. The van der Waals surface area contributed by atoms with Crippen molar-refractivity contribution in [3.05, 3.63) is 145 Å². The smallest absolute Gasteiger partial charge is 0.131 e. The van der Waals surface area contributed by atoms with Crippen molar-refractivity contribution in [3.63, 3.8) is 0 Å². The van der Waals surface area contributed by atoms with Crippen molar-refractivity contribution < 1.29 is 4.39 Å². The predicted molar refractivity (Wildman–Crippen MR) is 172 cm³/mol. The summed E-state index contributed by atoms with van der Waals surface area (Å²) in [5.41, 5.74) is 7.19. The van der Waals surface area contributed by atoms with Gasteiger partial charge in [0.2, 0.25) is 0 Å². The summed E-state index contributed by atoms with van der Waals surface area (Å²) in [7, 11) is -1.62. The number of nitrogens with zero attached hydrogens (tertiary/aromatic N) is 1. The molecule has 0 saturated heterocycles. The predicted octanol–water partition coefficient (Wildman–Crippen LogP) is 10.3. The molecule has 1 nitrogen and oxygen atoms in total. The summed E-state index contributed by atoms with van der Waals surface area (Å²) in [6.07, 6.45) is 0. The van der Waals surface area contributed by atoms with E-state index in [1.807, 2.05) is 24.3 Å². The highest BCUT2D eigenvalue weighted by molar-refractivity contribution is 6.89. The number of anilines is 3. The number of hydrogen-bond donors (Lipinski definition) is 0. The van der Waals surface area contributed by atoms with Gasteiger partial charge in [-0.25, -0.2) is 4.39 Å². The standard InChI is InChI=1S/C37H32FNSi/c1-40(2,3)36-22-10-9-21-35(36)39(29-15-5-4-6-16-29)30-25-23-27(24-26-30)31-18-11-13-28-14-12-19-33(37(28)31)32-17-7-8-20-34(32)38/h4-26H,1-3H3. The van der Waals surface area contributed by atoms with Crippen molar-refractivity contribution >= 4 is 41.1 Å². The maximum absolute atomic E-state index is 14.9. The normalized spacial score (nSPS) is 11.5. The van der Waals surface area contributed by atoms with Gasteiger partial charge < -0.3 is 4.90 Å². The number of fused-ring (bicyclic) bond motifs is 1. The van der Waals surface area contributed by atoms with Crippen molar-refractivity contribution in [2.45, 2.75) is 19.6 Å².